The second-order valence-corrected chi connectivity index (χ2v) is 2.45. The molecule has 0 bridgehead atoms. The fourth-order valence-electron chi connectivity index (χ4n) is 0.371. The Kier molecular flexibility index (Phi) is 7.67. The second kappa shape index (κ2) is 6.84. The van der Waals surface area contributed by atoms with Crippen LogP contribution in [0.5, 0.6) is 0 Å². The van der Waals surface area contributed by atoms with Gasteiger partial charge in [-0.25, -0.2) is 0 Å². The Balaban J connectivity index is 2.60. The molecule has 0 rings (SSSR count). The standard InChI is InChI=1S/C5H10N.Y/c1-2-3-4-5-6;/h2-6H2;. The SMILES string of the molecule is NCCCC[C]#[Y]. The number of hydrogen-bond acceptors (Lipinski definition) is 1. The van der Waals surface area contributed by atoms with Crippen LogP contribution in [0.25, 0.3) is 0 Å². The Morgan fingerprint density at radius 3 is 2.57 bits per heavy atom. The normalized spacial score (nSPS) is 8.43. The zero-order valence-corrected chi connectivity index (χ0v) is 7.32. The van der Waals surface area contributed by atoms with Crippen molar-refractivity contribution in [3.05, 3.63) is 0 Å². The molecule has 0 spiro atoms. The van der Waals surface area contributed by atoms with Gasteiger partial charge in [0, 0.05) is 0 Å². The fraction of sp³-hybridized carbons (Fsp3) is 0.800. The summed E-state index contributed by atoms with van der Waals surface area (Å²) in [7, 11) is 0. The molecule has 2 N–H and O–H groups in total. The van der Waals surface area contributed by atoms with Gasteiger partial charge in [-0.15, -0.1) is 0 Å². The van der Waals surface area contributed by atoms with Gasteiger partial charge >= 0.3 is 64.4 Å². The summed E-state index contributed by atoms with van der Waals surface area (Å²) in [5.41, 5.74) is 5.25. The van der Waals surface area contributed by atoms with Crippen molar-refractivity contribution in [2.75, 3.05) is 6.54 Å². The molecule has 0 saturated heterocycles. The molecule has 0 aromatic carbocycles. The van der Waals surface area contributed by atoms with Gasteiger partial charge in [0.1, 0.15) is 0 Å². The predicted octanol–water partition coefficient (Wildman–Crippen LogP) is 0.621. The number of rotatable bonds is 3. The van der Waals surface area contributed by atoms with Crippen molar-refractivity contribution in [3.63, 3.8) is 0 Å². The van der Waals surface area contributed by atoms with Crippen molar-refractivity contribution < 1.29 is 30.2 Å². The topological polar surface area (TPSA) is 26.0 Å². The summed E-state index contributed by atoms with van der Waals surface area (Å²) < 4.78 is 3.18. The van der Waals surface area contributed by atoms with E-state index in [1.165, 1.54) is 36.7 Å². The van der Waals surface area contributed by atoms with Crippen LogP contribution in [-0.4, -0.2) is 6.54 Å². The quantitative estimate of drug-likeness (QED) is 0.622. The van der Waals surface area contributed by atoms with E-state index in [1.54, 1.807) is 0 Å². The number of nitrogens with two attached hydrogens (primary N) is 1. The van der Waals surface area contributed by atoms with Crippen LogP contribution in [0.1, 0.15) is 19.3 Å². The first-order valence-electron chi connectivity index (χ1n) is 2.55. The van der Waals surface area contributed by atoms with Crippen LogP contribution in [-0.2, 0) is 30.2 Å². The minimum absolute atomic E-state index is 0.836. The summed E-state index contributed by atoms with van der Waals surface area (Å²) in [5.74, 6) is 0. The van der Waals surface area contributed by atoms with Crippen LogP contribution in [0.3, 0.4) is 0 Å². The van der Waals surface area contributed by atoms with E-state index in [0.717, 1.165) is 19.4 Å². The molecule has 0 aromatic heterocycles. The Morgan fingerprint density at radius 1 is 1.43 bits per heavy atom. The van der Waals surface area contributed by atoms with Crippen molar-refractivity contribution in [2.24, 2.45) is 5.73 Å². The van der Waals surface area contributed by atoms with Crippen molar-refractivity contribution in [3.8, 4) is 2.59 Å². The predicted molar refractivity (Wildman–Crippen MR) is 26.8 cm³/mol. The third-order valence-electron chi connectivity index (χ3n) is 0.775. The summed E-state index contributed by atoms with van der Waals surface area (Å²) in [6, 6.07) is 0. The van der Waals surface area contributed by atoms with Gasteiger partial charge in [0.15, 0.2) is 0 Å². The molecule has 0 aliphatic heterocycles. The average Bonchev–Trinajstić information content (AvgIpc) is 1.69. The van der Waals surface area contributed by atoms with Crippen molar-refractivity contribution in [1.82, 2.24) is 0 Å². The molecule has 38 valence electrons. The molecular formula is C5H10NY. The average molecular weight is 173 g/mol. The Morgan fingerprint density at radius 2 is 2.14 bits per heavy atom. The Bertz CT molecular complexity index is 65.0. The van der Waals surface area contributed by atoms with E-state index in [1.807, 2.05) is 0 Å². The van der Waals surface area contributed by atoms with Crippen molar-refractivity contribution in [1.29, 1.82) is 0 Å². The Labute approximate surface area is 64.1 Å². The third kappa shape index (κ3) is 6.84. The van der Waals surface area contributed by atoms with Crippen LogP contribution < -0.4 is 5.73 Å². The fourth-order valence-corrected chi connectivity index (χ4v) is 0.873. The van der Waals surface area contributed by atoms with Crippen LogP contribution in [0.2, 0.25) is 0 Å². The summed E-state index contributed by atoms with van der Waals surface area (Å²) in [5, 5.41) is 0. The molecule has 1 nitrogen and oxygen atoms in total. The van der Waals surface area contributed by atoms with Gasteiger partial charge in [0.25, 0.3) is 0 Å². The van der Waals surface area contributed by atoms with Crippen molar-refractivity contribution >= 4 is 0 Å². The van der Waals surface area contributed by atoms with E-state index in [4.69, 9.17) is 5.73 Å². The molecule has 0 unspecified atom stereocenters. The third-order valence-corrected chi connectivity index (χ3v) is 1.48. The van der Waals surface area contributed by atoms with Gasteiger partial charge < -0.3 is 0 Å². The van der Waals surface area contributed by atoms with Gasteiger partial charge in [-0.05, 0) is 0 Å². The molecule has 0 fully saturated rings. The molecule has 0 aliphatic rings. The molecule has 2 heteroatoms. The Hall–Kier alpha value is 0.844. The summed E-state index contributed by atoms with van der Waals surface area (Å²) in [4.78, 5) is 0. The second-order valence-electron chi connectivity index (χ2n) is 1.45. The summed E-state index contributed by atoms with van der Waals surface area (Å²) in [6.07, 6.45) is 3.55. The molecular weight excluding hydrogens is 163 g/mol. The molecule has 0 amide bonds. The molecule has 0 radical (unpaired) electrons. The van der Waals surface area contributed by atoms with E-state index in [0.29, 0.717) is 0 Å². The summed E-state index contributed by atoms with van der Waals surface area (Å²) >= 11 is 1.17. The van der Waals surface area contributed by atoms with E-state index < -0.39 is 0 Å². The van der Waals surface area contributed by atoms with Gasteiger partial charge in [0.2, 0.25) is 0 Å². The summed E-state index contributed by atoms with van der Waals surface area (Å²) in [6.45, 7) is 0.836. The van der Waals surface area contributed by atoms with E-state index in [-0.39, 0.29) is 0 Å². The first-order valence-corrected chi connectivity index (χ1v) is 3.97. The molecule has 7 heavy (non-hydrogen) atoms. The molecule has 0 aliphatic carbocycles. The molecule has 0 saturated carbocycles. The first-order chi connectivity index (χ1) is 3.41. The van der Waals surface area contributed by atoms with Gasteiger partial charge in [-0.2, -0.15) is 0 Å². The maximum absolute atomic E-state index is 5.25. The first kappa shape index (κ1) is 7.84. The van der Waals surface area contributed by atoms with Crippen LogP contribution >= 0.6 is 0 Å². The zero-order chi connectivity index (χ0) is 5.54. The van der Waals surface area contributed by atoms with Gasteiger partial charge in [0.05, 0.1) is 0 Å². The molecule has 0 aromatic rings. The number of unbranched alkanes of at least 4 members (excludes halogenated alkanes) is 2. The van der Waals surface area contributed by atoms with Crippen molar-refractivity contribution in [2.45, 2.75) is 19.3 Å². The maximum atomic E-state index is 5.25. The molecule has 0 heterocycles. The van der Waals surface area contributed by atoms with E-state index in [9.17, 15) is 0 Å². The zero-order valence-electron chi connectivity index (χ0n) is 4.48. The van der Waals surface area contributed by atoms with Crippen LogP contribution in [0.15, 0.2) is 0 Å². The number of hydrogen-bond donors (Lipinski definition) is 1. The van der Waals surface area contributed by atoms with Crippen LogP contribution in [0, 0.1) is 2.59 Å². The minimum atomic E-state index is 0.836. The van der Waals surface area contributed by atoms with Gasteiger partial charge in [-0.3, -0.25) is 0 Å². The van der Waals surface area contributed by atoms with E-state index in [2.05, 4.69) is 2.59 Å². The monoisotopic (exact) mass is 173 g/mol. The molecule has 0 atom stereocenters. The van der Waals surface area contributed by atoms with E-state index >= 15 is 0 Å². The van der Waals surface area contributed by atoms with Crippen LogP contribution in [0.4, 0.5) is 0 Å². The van der Waals surface area contributed by atoms with Gasteiger partial charge in [-0.1, -0.05) is 0 Å².